The Labute approximate surface area is 207 Å². The number of sulfone groups is 1. The number of hydrogen-bond acceptors (Lipinski definition) is 5. The van der Waals surface area contributed by atoms with Gasteiger partial charge in [0.25, 0.3) is 5.91 Å². The normalized spacial score (nSPS) is 11.9. The van der Waals surface area contributed by atoms with Crippen molar-refractivity contribution >= 4 is 15.7 Å². The quantitative estimate of drug-likeness (QED) is 0.400. The molecule has 0 bridgehead atoms. The fourth-order valence-electron chi connectivity index (χ4n) is 3.76. The molecule has 3 aromatic rings. The first-order valence-corrected chi connectivity index (χ1v) is 13.2. The Morgan fingerprint density at radius 1 is 1.03 bits per heavy atom. The van der Waals surface area contributed by atoms with Gasteiger partial charge in [0.2, 0.25) is 15.0 Å². The summed E-state index contributed by atoms with van der Waals surface area (Å²) in [7, 11) is 0.0546. The molecule has 0 aliphatic carbocycles. The SMILES string of the molecule is CC(C)Cn1c(CN(CCN(C)C)C(=O)c2ccccc2F)cnc1S(=O)(=O)Cc1ccccc1. The van der Waals surface area contributed by atoms with Crippen LogP contribution in [0.3, 0.4) is 0 Å². The van der Waals surface area contributed by atoms with Crippen LogP contribution in [0.25, 0.3) is 0 Å². The summed E-state index contributed by atoms with van der Waals surface area (Å²) in [6.07, 6.45) is 1.51. The Morgan fingerprint density at radius 3 is 2.31 bits per heavy atom. The molecule has 1 heterocycles. The Balaban J connectivity index is 1.97. The van der Waals surface area contributed by atoms with Crippen molar-refractivity contribution in [2.24, 2.45) is 5.92 Å². The fraction of sp³-hybridized carbons (Fsp3) is 0.385. The molecule has 1 aromatic heterocycles. The van der Waals surface area contributed by atoms with Crippen molar-refractivity contribution in [2.75, 3.05) is 27.2 Å². The molecule has 7 nitrogen and oxygen atoms in total. The highest BCUT2D eigenvalue weighted by atomic mass is 32.2. The maximum atomic E-state index is 14.4. The fourth-order valence-corrected chi connectivity index (χ4v) is 5.26. The molecule has 0 spiro atoms. The van der Waals surface area contributed by atoms with Gasteiger partial charge in [0.05, 0.1) is 29.8 Å². The van der Waals surface area contributed by atoms with Crippen molar-refractivity contribution in [2.45, 2.75) is 37.8 Å². The van der Waals surface area contributed by atoms with E-state index in [0.29, 0.717) is 30.9 Å². The highest BCUT2D eigenvalue weighted by Crippen LogP contribution is 2.21. The predicted octanol–water partition coefficient (Wildman–Crippen LogP) is 3.86. The van der Waals surface area contributed by atoms with Gasteiger partial charge in [-0.1, -0.05) is 56.3 Å². The highest BCUT2D eigenvalue weighted by molar-refractivity contribution is 7.90. The van der Waals surface area contributed by atoms with Crippen molar-refractivity contribution in [1.82, 2.24) is 19.4 Å². The number of hydrogen-bond donors (Lipinski definition) is 0. The van der Waals surface area contributed by atoms with Crippen LogP contribution in [0.15, 0.2) is 66.0 Å². The molecule has 0 atom stereocenters. The second-order valence-electron chi connectivity index (χ2n) is 9.29. The van der Waals surface area contributed by atoms with E-state index in [1.807, 2.05) is 38.9 Å². The van der Waals surface area contributed by atoms with Crippen LogP contribution in [-0.2, 0) is 28.7 Å². The summed E-state index contributed by atoms with van der Waals surface area (Å²) < 4.78 is 42.7. The van der Waals surface area contributed by atoms with E-state index in [1.54, 1.807) is 39.8 Å². The zero-order valence-electron chi connectivity index (χ0n) is 20.7. The van der Waals surface area contributed by atoms with Crippen LogP contribution in [0.2, 0.25) is 0 Å². The number of rotatable bonds is 11. The molecule has 188 valence electrons. The number of benzene rings is 2. The number of aromatic nitrogens is 2. The lowest BCUT2D eigenvalue weighted by Crippen LogP contribution is -2.37. The summed E-state index contributed by atoms with van der Waals surface area (Å²) in [4.78, 5) is 21.0. The van der Waals surface area contributed by atoms with E-state index in [1.165, 1.54) is 24.4 Å². The van der Waals surface area contributed by atoms with E-state index in [2.05, 4.69) is 4.98 Å². The molecular weight excluding hydrogens is 467 g/mol. The maximum Gasteiger partial charge on any atom is 0.257 e. The topological polar surface area (TPSA) is 75.5 Å². The van der Waals surface area contributed by atoms with Gasteiger partial charge in [-0.3, -0.25) is 4.79 Å². The monoisotopic (exact) mass is 500 g/mol. The van der Waals surface area contributed by atoms with Crippen molar-refractivity contribution in [3.63, 3.8) is 0 Å². The number of carbonyl (C=O) groups excluding carboxylic acids is 1. The molecule has 0 unspecified atom stereocenters. The molecule has 0 saturated heterocycles. The zero-order valence-corrected chi connectivity index (χ0v) is 21.5. The molecule has 0 aliphatic heterocycles. The highest BCUT2D eigenvalue weighted by Gasteiger charge is 2.27. The number of nitrogens with zero attached hydrogens (tertiary/aromatic N) is 4. The van der Waals surface area contributed by atoms with Crippen molar-refractivity contribution in [3.8, 4) is 0 Å². The summed E-state index contributed by atoms with van der Waals surface area (Å²) in [5.41, 5.74) is 1.25. The lowest BCUT2D eigenvalue weighted by molar-refractivity contribution is 0.0722. The van der Waals surface area contributed by atoms with E-state index in [0.717, 1.165) is 0 Å². The second kappa shape index (κ2) is 11.6. The largest absolute Gasteiger partial charge is 0.331 e. The van der Waals surface area contributed by atoms with E-state index >= 15 is 0 Å². The standard InChI is InChI=1S/C26H33FN4O3S/c1-20(2)17-31-22(16-28-26(31)35(33,34)19-21-10-6-5-7-11-21)18-30(15-14-29(3)4)25(32)23-12-8-9-13-24(23)27/h5-13,16,20H,14-15,17-19H2,1-4H3. The molecule has 9 heteroatoms. The summed E-state index contributed by atoms with van der Waals surface area (Å²) >= 11 is 0. The van der Waals surface area contributed by atoms with Gasteiger partial charge in [0.15, 0.2) is 0 Å². The predicted molar refractivity (Wildman–Crippen MR) is 134 cm³/mol. The van der Waals surface area contributed by atoms with Crippen LogP contribution in [-0.4, -0.2) is 60.9 Å². The molecule has 0 saturated carbocycles. The van der Waals surface area contributed by atoms with Crippen LogP contribution >= 0.6 is 0 Å². The van der Waals surface area contributed by atoms with Gasteiger partial charge in [-0.25, -0.2) is 17.8 Å². The molecule has 35 heavy (non-hydrogen) atoms. The first-order chi connectivity index (χ1) is 16.6. The minimum atomic E-state index is -3.73. The Hall–Kier alpha value is -3.04. The van der Waals surface area contributed by atoms with Crippen LogP contribution in [0.5, 0.6) is 0 Å². The van der Waals surface area contributed by atoms with Crippen LogP contribution in [0.4, 0.5) is 4.39 Å². The maximum absolute atomic E-state index is 14.4. The van der Waals surface area contributed by atoms with Gasteiger partial charge in [0, 0.05) is 19.6 Å². The van der Waals surface area contributed by atoms with Gasteiger partial charge in [-0.05, 0) is 37.7 Å². The molecule has 3 rings (SSSR count). The number of amides is 1. The summed E-state index contributed by atoms with van der Waals surface area (Å²) in [5, 5.41) is -0.0176. The molecule has 0 N–H and O–H groups in total. The number of imidazole rings is 1. The zero-order chi connectivity index (χ0) is 25.6. The van der Waals surface area contributed by atoms with E-state index in [4.69, 9.17) is 0 Å². The third-order valence-electron chi connectivity index (χ3n) is 5.49. The summed E-state index contributed by atoms with van der Waals surface area (Å²) in [6, 6.07) is 14.9. The van der Waals surface area contributed by atoms with Crippen molar-refractivity contribution in [3.05, 3.63) is 83.4 Å². The molecule has 2 aromatic carbocycles. The van der Waals surface area contributed by atoms with Crippen LogP contribution < -0.4 is 0 Å². The van der Waals surface area contributed by atoms with Gasteiger partial charge < -0.3 is 14.4 Å². The number of carbonyl (C=O) groups is 1. The molecule has 0 fully saturated rings. The van der Waals surface area contributed by atoms with E-state index in [9.17, 15) is 17.6 Å². The smallest absolute Gasteiger partial charge is 0.257 e. The number of halogens is 1. The Morgan fingerprint density at radius 2 is 1.69 bits per heavy atom. The number of likely N-dealkylation sites (N-methyl/N-ethyl adjacent to an activating group) is 1. The van der Waals surface area contributed by atoms with Crippen molar-refractivity contribution < 1.29 is 17.6 Å². The van der Waals surface area contributed by atoms with Gasteiger partial charge in [-0.2, -0.15) is 0 Å². The Bertz CT molecular complexity index is 1240. The summed E-state index contributed by atoms with van der Waals surface area (Å²) in [5.74, 6) is -1.06. The third-order valence-corrected chi connectivity index (χ3v) is 7.08. The average molecular weight is 501 g/mol. The second-order valence-corrected chi connectivity index (χ2v) is 11.2. The van der Waals surface area contributed by atoms with Gasteiger partial charge in [-0.15, -0.1) is 0 Å². The molecule has 0 aliphatic rings. The lowest BCUT2D eigenvalue weighted by atomic mass is 10.1. The minimum Gasteiger partial charge on any atom is -0.331 e. The Kier molecular flexibility index (Phi) is 8.80. The molecule has 0 radical (unpaired) electrons. The van der Waals surface area contributed by atoms with Crippen molar-refractivity contribution in [1.29, 1.82) is 0 Å². The van der Waals surface area contributed by atoms with Crippen LogP contribution in [0, 0.1) is 11.7 Å². The van der Waals surface area contributed by atoms with Crippen LogP contribution in [0.1, 0.15) is 35.5 Å². The molecular formula is C26H33FN4O3S. The first kappa shape index (κ1) is 26.6. The van der Waals surface area contributed by atoms with E-state index in [-0.39, 0.29) is 28.9 Å². The lowest BCUT2D eigenvalue weighted by Gasteiger charge is -2.25. The minimum absolute atomic E-state index is 0.0156. The average Bonchev–Trinajstić information content (AvgIpc) is 3.19. The first-order valence-electron chi connectivity index (χ1n) is 11.6. The van der Waals surface area contributed by atoms with E-state index < -0.39 is 21.6 Å². The van der Waals surface area contributed by atoms with Gasteiger partial charge >= 0.3 is 0 Å². The molecule has 1 amide bonds. The third kappa shape index (κ3) is 6.99. The summed E-state index contributed by atoms with van der Waals surface area (Å²) in [6.45, 7) is 5.43. The van der Waals surface area contributed by atoms with Gasteiger partial charge in [0.1, 0.15) is 5.82 Å².